The maximum Gasteiger partial charge on any atom is 0.435 e. The largest absolute Gasteiger partial charge is 0.772 e. The number of imide groups is 1. The Balaban J connectivity index is 1.42. The molecule has 0 bridgehead atoms. The highest BCUT2D eigenvalue weighted by molar-refractivity contribution is 7.79. The van der Waals surface area contributed by atoms with Gasteiger partial charge in [0.2, 0.25) is 5.91 Å². The summed E-state index contributed by atoms with van der Waals surface area (Å²) in [5.41, 5.74) is -0.549. The predicted octanol–water partition coefficient (Wildman–Crippen LogP) is 7.14. The summed E-state index contributed by atoms with van der Waals surface area (Å²) in [6.45, 7) is 14.3. The monoisotopic (exact) mass is 780 g/mol. The molecule has 2 aromatic heterocycles. The van der Waals surface area contributed by atoms with Crippen LogP contribution in [-0.4, -0.2) is 77.2 Å². The van der Waals surface area contributed by atoms with Crippen LogP contribution in [0.1, 0.15) is 90.6 Å². The van der Waals surface area contributed by atoms with Crippen molar-refractivity contribution in [2.24, 2.45) is 0 Å². The third-order valence-electron chi connectivity index (χ3n) is 8.90. The van der Waals surface area contributed by atoms with Gasteiger partial charge in [-0.1, -0.05) is 42.6 Å². The van der Waals surface area contributed by atoms with Gasteiger partial charge in [0.05, 0.1) is 23.7 Å². The number of ether oxygens (including phenoxy) is 3. The number of hydrogen-bond donors (Lipinski definition) is 2. The van der Waals surface area contributed by atoms with E-state index in [0.29, 0.717) is 40.1 Å². The molecule has 4 aromatic rings. The van der Waals surface area contributed by atoms with Gasteiger partial charge >= 0.3 is 12.2 Å². The van der Waals surface area contributed by atoms with Crippen LogP contribution in [0.3, 0.4) is 0 Å². The Morgan fingerprint density at radius 3 is 2.31 bits per heavy atom. The van der Waals surface area contributed by atoms with Crippen LogP contribution in [0.25, 0.3) is 10.9 Å². The van der Waals surface area contributed by atoms with Crippen LogP contribution >= 0.6 is 11.6 Å². The molecule has 1 unspecified atom stereocenters. The molecule has 1 aliphatic heterocycles. The molecule has 2 amide bonds. The standard InChI is InChI=1S/C37H44ClN7O8S/c1-19(2)28-40-30(39-14-15-54(49)50)27(38)31(41-28)42-29-22-12-10-20(16-26(22)45(43-29)34(48)53-36(6,7)8)24-18-37(24)23-17-21(51-9)11-13-25(23)44(32(37)46)33(47)52-35(3,4)5/h10-13,16-17,19,24H,14-15,18H2,1-9H3,(H,49,50)(H2,39,40,41,42,43)/p-1/t24-,37-/m0/s1. The Bertz CT molecular complexity index is 2200. The van der Waals surface area contributed by atoms with E-state index in [1.54, 1.807) is 71.9 Å². The maximum absolute atomic E-state index is 14.3. The molecular weight excluding hydrogens is 738 g/mol. The first-order chi connectivity index (χ1) is 25.2. The molecule has 1 fully saturated rings. The Labute approximate surface area is 320 Å². The van der Waals surface area contributed by atoms with Crippen molar-refractivity contribution in [3.63, 3.8) is 0 Å². The summed E-state index contributed by atoms with van der Waals surface area (Å²) in [5.74, 6) is 0.586. The molecule has 3 atom stereocenters. The second-order valence-corrected chi connectivity index (χ2v) is 17.0. The van der Waals surface area contributed by atoms with E-state index in [4.69, 9.17) is 25.8 Å². The van der Waals surface area contributed by atoms with Crippen LogP contribution in [0.4, 0.5) is 32.7 Å². The predicted molar refractivity (Wildman–Crippen MR) is 204 cm³/mol. The number of fused-ring (bicyclic) bond motifs is 3. The first-order valence-electron chi connectivity index (χ1n) is 17.4. The van der Waals surface area contributed by atoms with E-state index in [-0.39, 0.29) is 46.6 Å². The number of aromatic nitrogens is 4. The van der Waals surface area contributed by atoms with Crippen molar-refractivity contribution >= 4 is 74.8 Å². The lowest BCUT2D eigenvalue weighted by atomic mass is 9.91. The zero-order chi connectivity index (χ0) is 39.5. The Hall–Kier alpha value is -4.80. The van der Waals surface area contributed by atoms with Gasteiger partial charge in [-0.3, -0.25) is 9.00 Å². The van der Waals surface area contributed by atoms with Crippen molar-refractivity contribution < 1.29 is 37.4 Å². The zero-order valence-electron chi connectivity index (χ0n) is 31.5. The van der Waals surface area contributed by atoms with Gasteiger partial charge in [-0.15, -0.1) is 5.10 Å². The number of anilines is 4. The van der Waals surface area contributed by atoms with Crippen LogP contribution in [-0.2, 0) is 30.8 Å². The Kier molecular flexibility index (Phi) is 10.2. The van der Waals surface area contributed by atoms with Gasteiger partial charge in [0, 0.05) is 29.5 Å². The average Bonchev–Trinajstić information content (AvgIpc) is 3.65. The van der Waals surface area contributed by atoms with E-state index in [2.05, 4.69) is 25.7 Å². The van der Waals surface area contributed by atoms with E-state index >= 15 is 0 Å². The van der Waals surface area contributed by atoms with Crippen molar-refractivity contribution in [3.05, 3.63) is 58.4 Å². The highest BCUT2D eigenvalue weighted by Crippen LogP contribution is 2.67. The lowest BCUT2D eigenvalue weighted by molar-refractivity contribution is -0.120. The van der Waals surface area contributed by atoms with E-state index in [0.717, 1.165) is 15.1 Å². The number of nitrogens with one attached hydrogen (secondary N) is 2. The topological polar surface area (TPSA) is 190 Å². The minimum atomic E-state index is -2.27. The van der Waals surface area contributed by atoms with E-state index in [1.807, 2.05) is 19.9 Å². The van der Waals surface area contributed by atoms with E-state index in [1.165, 1.54) is 7.11 Å². The minimum Gasteiger partial charge on any atom is -0.772 e. The second kappa shape index (κ2) is 14.1. The van der Waals surface area contributed by atoms with Crippen molar-refractivity contribution in [1.82, 2.24) is 19.7 Å². The van der Waals surface area contributed by atoms with Gasteiger partial charge in [-0.25, -0.2) is 24.5 Å². The summed E-state index contributed by atoms with van der Waals surface area (Å²) < 4.78 is 40.3. The lowest BCUT2D eigenvalue weighted by Gasteiger charge is -2.24. The number of methoxy groups -OCH3 is 1. The molecule has 2 aromatic carbocycles. The van der Waals surface area contributed by atoms with Gasteiger partial charge in [-0.05, 0) is 89.4 Å². The highest BCUT2D eigenvalue weighted by Gasteiger charge is 2.68. The fraction of sp³-hybridized carbons (Fsp3) is 0.459. The quantitative estimate of drug-likeness (QED) is 0.163. The summed E-state index contributed by atoms with van der Waals surface area (Å²) in [6, 6.07) is 10.6. The number of amides is 2. The van der Waals surface area contributed by atoms with Crippen LogP contribution in [0, 0.1) is 0 Å². The van der Waals surface area contributed by atoms with Crippen LogP contribution < -0.4 is 20.3 Å². The van der Waals surface area contributed by atoms with E-state index < -0.39 is 45.8 Å². The maximum atomic E-state index is 14.3. The molecule has 1 saturated carbocycles. The highest BCUT2D eigenvalue weighted by atomic mass is 35.5. The fourth-order valence-electron chi connectivity index (χ4n) is 6.48. The fourth-order valence-corrected chi connectivity index (χ4v) is 6.95. The van der Waals surface area contributed by atoms with Crippen LogP contribution in [0.15, 0.2) is 36.4 Å². The van der Waals surface area contributed by atoms with Crippen molar-refractivity contribution in [2.75, 3.05) is 34.9 Å². The smallest absolute Gasteiger partial charge is 0.435 e. The second-order valence-electron chi connectivity index (χ2n) is 15.6. The number of benzene rings is 2. The summed E-state index contributed by atoms with van der Waals surface area (Å²) in [4.78, 5) is 51.6. The molecule has 54 heavy (non-hydrogen) atoms. The molecular formula is C37H43ClN7O8S-. The molecule has 3 heterocycles. The number of carbonyl (C=O) groups excluding carboxylic acids is 3. The molecule has 0 saturated heterocycles. The molecule has 288 valence electrons. The molecule has 17 heteroatoms. The summed E-state index contributed by atoms with van der Waals surface area (Å²) in [5, 5.41) is 11.3. The summed E-state index contributed by atoms with van der Waals surface area (Å²) >= 11 is 4.47. The first-order valence-corrected chi connectivity index (χ1v) is 19.0. The summed E-state index contributed by atoms with van der Waals surface area (Å²) in [7, 11) is 1.53. The minimum absolute atomic E-state index is 0.0702. The van der Waals surface area contributed by atoms with Crippen LogP contribution in [0.5, 0.6) is 5.75 Å². The Morgan fingerprint density at radius 1 is 1.02 bits per heavy atom. The lowest BCUT2D eigenvalue weighted by Crippen LogP contribution is -2.41. The van der Waals surface area contributed by atoms with Crippen LogP contribution in [0.2, 0.25) is 5.02 Å². The van der Waals surface area contributed by atoms with Gasteiger partial charge in [0.25, 0.3) is 0 Å². The number of nitrogens with zero attached hydrogens (tertiary/aromatic N) is 5. The van der Waals surface area contributed by atoms with Crippen molar-refractivity contribution in [3.8, 4) is 5.75 Å². The van der Waals surface area contributed by atoms with Gasteiger partial charge in [0.1, 0.15) is 27.8 Å². The third-order valence-corrected chi connectivity index (χ3v) is 9.80. The van der Waals surface area contributed by atoms with Crippen molar-refractivity contribution in [1.29, 1.82) is 0 Å². The van der Waals surface area contributed by atoms with Crippen molar-refractivity contribution in [2.45, 2.75) is 90.3 Å². The number of hydrogen-bond acceptors (Lipinski definition) is 13. The normalized spacial score (nSPS) is 18.6. The first kappa shape index (κ1) is 38.9. The molecule has 0 radical (unpaired) electrons. The van der Waals surface area contributed by atoms with E-state index in [9.17, 15) is 23.1 Å². The SMILES string of the molecule is COc1ccc2c(c1)[C@]1(C[C@H]1c1ccc3c(Nc4nc(C(C)C)nc(NCCS(=O)[O-])c4Cl)nn(C(=O)OC(C)(C)C)c3c1)C(=O)N2C(=O)OC(C)(C)C. The average molecular weight is 781 g/mol. The molecule has 1 spiro atoms. The van der Waals surface area contributed by atoms with Gasteiger partial charge in [-0.2, -0.15) is 4.68 Å². The zero-order valence-corrected chi connectivity index (χ0v) is 33.1. The number of carbonyl (C=O) groups is 3. The molecule has 15 nitrogen and oxygen atoms in total. The van der Waals surface area contributed by atoms with Gasteiger partial charge in [0.15, 0.2) is 17.5 Å². The Morgan fingerprint density at radius 2 is 1.69 bits per heavy atom. The number of rotatable bonds is 9. The molecule has 1 aliphatic carbocycles. The molecule has 2 aliphatic rings. The molecule has 6 rings (SSSR count). The van der Waals surface area contributed by atoms with Gasteiger partial charge < -0.3 is 29.4 Å². The third kappa shape index (κ3) is 7.46. The summed E-state index contributed by atoms with van der Waals surface area (Å²) in [6.07, 6.45) is -1.11. The number of halogens is 1. The molecule has 2 N–H and O–H groups in total.